The Bertz CT molecular complexity index is 447. The van der Waals surface area contributed by atoms with Crippen molar-refractivity contribution in [1.29, 1.82) is 0 Å². The molecule has 0 aliphatic rings. The number of aliphatic carboxylic acids is 1. The third kappa shape index (κ3) is 12.0. The van der Waals surface area contributed by atoms with Gasteiger partial charge in [0, 0.05) is 0 Å². The van der Waals surface area contributed by atoms with Crippen LogP contribution in [0, 0.1) is 0 Å². The molecule has 4 heteroatoms. The van der Waals surface area contributed by atoms with Crippen molar-refractivity contribution >= 4 is 5.97 Å². The van der Waals surface area contributed by atoms with Gasteiger partial charge >= 0.3 is 5.97 Å². The highest BCUT2D eigenvalue weighted by Gasteiger charge is 2.17. The van der Waals surface area contributed by atoms with Crippen LogP contribution in [0.15, 0.2) is 30.3 Å². The molecule has 0 spiro atoms. The molecular formula is C22H36O4. The SMILES string of the molecule is CCCCCCCCCCCC[C@H](OCOCc1ccccc1)C(=O)O. The summed E-state index contributed by atoms with van der Waals surface area (Å²) in [5.41, 5.74) is 1.05. The highest BCUT2D eigenvalue weighted by molar-refractivity contribution is 5.72. The molecule has 148 valence electrons. The summed E-state index contributed by atoms with van der Waals surface area (Å²) in [6.07, 6.45) is 12.2. The number of benzene rings is 1. The van der Waals surface area contributed by atoms with Crippen LogP contribution in [0.25, 0.3) is 0 Å². The molecule has 0 saturated heterocycles. The van der Waals surface area contributed by atoms with Crippen molar-refractivity contribution in [3.63, 3.8) is 0 Å². The van der Waals surface area contributed by atoms with E-state index in [4.69, 9.17) is 9.47 Å². The number of hydrogen-bond donors (Lipinski definition) is 1. The highest BCUT2D eigenvalue weighted by atomic mass is 16.7. The summed E-state index contributed by atoms with van der Waals surface area (Å²) in [5, 5.41) is 9.25. The van der Waals surface area contributed by atoms with E-state index in [2.05, 4.69) is 6.92 Å². The fourth-order valence-corrected chi connectivity index (χ4v) is 2.96. The number of carboxylic acid groups (broad SMARTS) is 1. The van der Waals surface area contributed by atoms with Crippen LogP contribution in [0.3, 0.4) is 0 Å². The molecule has 0 radical (unpaired) electrons. The summed E-state index contributed by atoms with van der Waals surface area (Å²) in [7, 11) is 0. The Labute approximate surface area is 158 Å². The Kier molecular flexibility index (Phi) is 13.8. The lowest BCUT2D eigenvalue weighted by atomic mass is 10.0. The first-order chi connectivity index (χ1) is 12.7. The van der Waals surface area contributed by atoms with E-state index in [1.54, 1.807) is 0 Å². The van der Waals surface area contributed by atoms with Gasteiger partial charge in [-0.2, -0.15) is 0 Å². The average Bonchev–Trinajstić information content (AvgIpc) is 2.65. The van der Waals surface area contributed by atoms with E-state index in [0.29, 0.717) is 13.0 Å². The Balaban J connectivity index is 2.00. The molecule has 0 aliphatic heterocycles. The van der Waals surface area contributed by atoms with Crippen molar-refractivity contribution < 1.29 is 19.4 Å². The summed E-state index contributed by atoms with van der Waals surface area (Å²) in [4.78, 5) is 11.3. The van der Waals surface area contributed by atoms with Crippen molar-refractivity contribution in [2.45, 2.75) is 90.3 Å². The molecule has 4 nitrogen and oxygen atoms in total. The van der Waals surface area contributed by atoms with Gasteiger partial charge in [0.15, 0.2) is 6.10 Å². The number of hydrogen-bond acceptors (Lipinski definition) is 3. The molecule has 0 unspecified atom stereocenters. The normalized spacial score (nSPS) is 12.2. The smallest absolute Gasteiger partial charge is 0.332 e. The van der Waals surface area contributed by atoms with Crippen LogP contribution in [0.5, 0.6) is 0 Å². The summed E-state index contributed by atoms with van der Waals surface area (Å²) < 4.78 is 10.8. The second kappa shape index (κ2) is 15.8. The lowest BCUT2D eigenvalue weighted by Crippen LogP contribution is -2.25. The van der Waals surface area contributed by atoms with E-state index in [-0.39, 0.29) is 6.79 Å². The van der Waals surface area contributed by atoms with Crippen LogP contribution < -0.4 is 0 Å². The fraction of sp³-hybridized carbons (Fsp3) is 0.682. The molecule has 1 aromatic rings. The molecule has 1 rings (SSSR count). The monoisotopic (exact) mass is 364 g/mol. The molecule has 0 aromatic heterocycles. The fourth-order valence-electron chi connectivity index (χ4n) is 2.96. The molecule has 0 saturated carbocycles. The first-order valence-corrected chi connectivity index (χ1v) is 10.2. The van der Waals surface area contributed by atoms with E-state index in [9.17, 15) is 9.90 Å². The van der Waals surface area contributed by atoms with Crippen molar-refractivity contribution in [1.82, 2.24) is 0 Å². The molecule has 26 heavy (non-hydrogen) atoms. The predicted molar refractivity (Wildman–Crippen MR) is 105 cm³/mol. The standard InChI is InChI=1S/C22H36O4/c1-2-3-4-5-6-7-8-9-10-14-17-21(22(23)24)26-19-25-18-20-15-12-11-13-16-20/h11-13,15-16,21H,2-10,14,17-19H2,1H3,(H,23,24)/t21-/m0/s1. The molecule has 0 fully saturated rings. The minimum Gasteiger partial charge on any atom is -0.479 e. The molecule has 1 N–H and O–H groups in total. The summed E-state index contributed by atoms with van der Waals surface area (Å²) in [5.74, 6) is -0.899. The largest absolute Gasteiger partial charge is 0.479 e. The quantitative estimate of drug-likeness (QED) is 0.274. The zero-order valence-corrected chi connectivity index (χ0v) is 16.3. The average molecular weight is 365 g/mol. The second-order valence-electron chi connectivity index (χ2n) is 6.92. The van der Waals surface area contributed by atoms with Gasteiger partial charge in [0.25, 0.3) is 0 Å². The van der Waals surface area contributed by atoms with Crippen LogP contribution >= 0.6 is 0 Å². The maximum absolute atomic E-state index is 11.3. The van der Waals surface area contributed by atoms with Gasteiger partial charge in [0.05, 0.1) is 6.61 Å². The minimum absolute atomic E-state index is 0.0175. The predicted octanol–water partition coefficient (Wildman–Crippen LogP) is 5.94. The van der Waals surface area contributed by atoms with Gasteiger partial charge in [-0.1, -0.05) is 101 Å². The summed E-state index contributed by atoms with van der Waals surface area (Å²) in [6, 6.07) is 9.79. The minimum atomic E-state index is -0.899. The van der Waals surface area contributed by atoms with Crippen molar-refractivity contribution in [2.75, 3.05) is 6.79 Å². The third-order valence-corrected chi connectivity index (χ3v) is 4.56. The van der Waals surface area contributed by atoms with Crippen LogP contribution in [0.4, 0.5) is 0 Å². The highest BCUT2D eigenvalue weighted by Crippen LogP contribution is 2.13. The lowest BCUT2D eigenvalue weighted by molar-refractivity contribution is -0.162. The first kappa shape index (κ1) is 22.7. The van der Waals surface area contributed by atoms with Gasteiger partial charge in [-0.15, -0.1) is 0 Å². The second-order valence-corrected chi connectivity index (χ2v) is 6.92. The van der Waals surface area contributed by atoms with Gasteiger partial charge in [-0.05, 0) is 12.0 Å². The maximum atomic E-state index is 11.3. The van der Waals surface area contributed by atoms with Gasteiger partial charge in [0.2, 0.25) is 0 Å². The Hall–Kier alpha value is -1.39. The number of carboxylic acids is 1. The molecular weight excluding hydrogens is 328 g/mol. The third-order valence-electron chi connectivity index (χ3n) is 4.56. The van der Waals surface area contributed by atoms with E-state index in [0.717, 1.165) is 18.4 Å². The van der Waals surface area contributed by atoms with Crippen LogP contribution in [-0.4, -0.2) is 24.0 Å². The van der Waals surface area contributed by atoms with E-state index < -0.39 is 12.1 Å². The van der Waals surface area contributed by atoms with Gasteiger partial charge < -0.3 is 14.6 Å². The number of unbranched alkanes of at least 4 members (excludes halogenated alkanes) is 9. The van der Waals surface area contributed by atoms with Gasteiger partial charge in [0.1, 0.15) is 6.79 Å². The molecule has 0 heterocycles. The number of rotatable bonds is 17. The Morgan fingerprint density at radius 3 is 2.08 bits per heavy atom. The van der Waals surface area contributed by atoms with E-state index in [1.165, 1.54) is 51.4 Å². The summed E-state index contributed by atoms with van der Waals surface area (Å²) >= 11 is 0. The van der Waals surface area contributed by atoms with Crippen LogP contribution in [-0.2, 0) is 20.9 Å². The Morgan fingerprint density at radius 2 is 1.50 bits per heavy atom. The van der Waals surface area contributed by atoms with Crippen molar-refractivity contribution in [3.8, 4) is 0 Å². The number of ether oxygens (including phenoxy) is 2. The van der Waals surface area contributed by atoms with Crippen LogP contribution in [0.2, 0.25) is 0 Å². The molecule has 0 amide bonds. The molecule has 1 atom stereocenters. The van der Waals surface area contributed by atoms with Crippen molar-refractivity contribution in [3.05, 3.63) is 35.9 Å². The van der Waals surface area contributed by atoms with Crippen LogP contribution in [0.1, 0.15) is 83.1 Å². The van der Waals surface area contributed by atoms with Gasteiger partial charge in [-0.25, -0.2) is 4.79 Å². The zero-order chi connectivity index (χ0) is 18.9. The van der Waals surface area contributed by atoms with E-state index >= 15 is 0 Å². The zero-order valence-electron chi connectivity index (χ0n) is 16.3. The van der Waals surface area contributed by atoms with E-state index in [1.807, 2.05) is 30.3 Å². The first-order valence-electron chi connectivity index (χ1n) is 10.2. The maximum Gasteiger partial charge on any atom is 0.332 e. The summed E-state index contributed by atoms with van der Waals surface area (Å²) in [6.45, 7) is 2.69. The van der Waals surface area contributed by atoms with Gasteiger partial charge in [-0.3, -0.25) is 0 Å². The molecule has 1 aromatic carbocycles. The Morgan fingerprint density at radius 1 is 0.923 bits per heavy atom. The molecule has 0 bridgehead atoms. The number of carbonyl (C=O) groups is 1. The lowest BCUT2D eigenvalue weighted by Gasteiger charge is -2.14. The van der Waals surface area contributed by atoms with Crippen molar-refractivity contribution in [2.24, 2.45) is 0 Å². The topological polar surface area (TPSA) is 55.8 Å². The molecule has 0 aliphatic carbocycles.